The first-order chi connectivity index (χ1) is 13.5. The molecule has 146 valence electrons. The highest BCUT2D eigenvalue weighted by molar-refractivity contribution is 5.99. The minimum atomic E-state index is -0.459. The monoisotopic (exact) mass is 381 g/mol. The number of carbonyl (C=O) groups excluding carboxylic acids is 2. The third kappa shape index (κ3) is 4.62. The molecule has 0 aliphatic carbocycles. The molecule has 0 spiro atoms. The van der Waals surface area contributed by atoms with Crippen LogP contribution in [0.4, 0.5) is 0 Å². The van der Waals surface area contributed by atoms with Gasteiger partial charge in [-0.25, -0.2) is 0 Å². The highest BCUT2D eigenvalue weighted by atomic mass is 16.5. The molecule has 0 radical (unpaired) electrons. The SMILES string of the molecule is COc1ccc2cc(C(=O)NNC(=O)COc3ccc(C(C)C)cc3)[nH]c2c1. The number of H-pyrrole nitrogens is 1. The van der Waals surface area contributed by atoms with Crippen LogP contribution in [0, 0.1) is 0 Å². The van der Waals surface area contributed by atoms with Crippen molar-refractivity contribution >= 4 is 22.7 Å². The average Bonchev–Trinajstić information content (AvgIpc) is 3.14. The van der Waals surface area contributed by atoms with E-state index in [9.17, 15) is 9.59 Å². The first-order valence-corrected chi connectivity index (χ1v) is 8.95. The summed E-state index contributed by atoms with van der Waals surface area (Å²) >= 11 is 0. The van der Waals surface area contributed by atoms with Crippen molar-refractivity contribution in [2.45, 2.75) is 19.8 Å². The van der Waals surface area contributed by atoms with Crippen molar-refractivity contribution in [3.05, 3.63) is 59.8 Å². The summed E-state index contributed by atoms with van der Waals surface area (Å²) in [5.41, 5.74) is 7.00. The van der Waals surface area contributed by atoms with Crippen LogP contribution in [-0.4, -0.2) is 30.5 Å². The Hall–Kier alpha value is -3.48. The lowest BCUT2D eigenvalue weighted by atomic mass is 10.0. The van der Waals surface area contributed by atoms with Crippen molar-refractivity contribution in [3.8, 4) is 11.5 Å². The van der Waals surface area contributed by atoms with Crippen molar-refractivity contribution in [3.63, 3.8) is 0 Å². The Morgan fingerprint density at radius 3 is 2.39 bits per heavy atom. The van der Waals surface area contributed by atoms with Gasteiger partial charge in [0.1, 0.15) is 17.2 Å². The molecule has 0 aliphatic heterocycles. The average molecular weight is 381 g/mol. The van der Waals surface area contributed by atoms with Crippen LogP contribution in [0.25, 0.3) is 10.9 Å². The van der Waals surface area contributed by atoms with E-state index >= 15 is 0 Å². The number of methoxy groups -OCH3 is 1. The van der Waals surface area contributed by atoms with Gasteiger partial charge < -0.3 is 14.5 Å². The molecule has 7 nitrogen and oxygen atoms in total. The second kappa shape index (κ2) is 8.47. The van der Waals surface area contributed by atoms with Gasteiger partial charge in [0, 0.05) is 17.0 Å². The van der Waals surface area contributed by atoms with Crippen LogP contribution in [0.3, 0.4) is 0 Å². The number of amides is 2. The van der Waals surface area contributed by atoms with E-state index in [1.807, 2.05) is 36.4 Å². The molecule has 2 amide bonds. The first-order valence-electron chi connectivity index (χ1n) is 8.95. The lowest BCUT2D eigenvalue weighted by Crippen LogP contribution is -2.43. The maximum atomic E-state index is 12.2. The van der Waals surface area contributed by atoms with Gasteiger partial charge in [0.2, 0.25) is 0 Å². The first kappa shape index (κ1) is 19.3. The molecule has 0 aliphatic rings. The van der Waals surface area contributed by atoms with E-state index in [2.05, 4.69) is 29.7 Å². The molecule has 0 saturated carbocycles. The van der Waals surface area contributed by atoms with Gasteiger partial charge in [-0.1, -0.05) is 26.0 Å². The molecule has 0 atom stereocenters. The van der Waals surface area contributed by atoms with Gasteiger partial charge >= 0.3 is 0 Å². The highest BCUT2D eigenvalue weighted by Crippen LogP contribution is 2.21. The molecule has 0 fully saturated rings. The molecular formula is C21H23N3O4. The van der Waals surface area contributed by atoms with Crippen LogP contribution < -0.4 is 20.3 Å². The number of ether oxygens (including phenoxy) is 2. The smallest absolute Gasteiger partial charge is 0.286 e. The molecule has 3 N–H and O–H groups in total. The second-order valence-corrected chi connectivity index (χ2v) is 6.65. The van der Waals surface area contributed by atoms with Gasteiger partial charge in [-0.05, 0) is 41.8 Å². The summed E-state index contributed by atoms with van der Waals surface area (Å²) in [5.74, 6) is 0.797. The number of hydrogen-bond acceptors (Lipinski definition) is 4. The minimum Gasteiger partial charge on any atom is -0.497 e. The molecule has 28 heavy (non-hydrogen) atoms. The van der Waals surface area contributed by atoms with Crippen molar-refractivity contribution in [2.24, 2.45) is 0 Å². The number of aromatic amines is 1. The van der Waals surface area contributed by atoms with Crippen molar-refractivity contribution in [1.82, 2.24) is 15.8 Å². The number of benzene rings is 2. The van der Waals surface area contributed by atoms with Gasteiger partial charge in [-0.3, -0.25) is 20.4 Å². The van der Waals surface area contributed by atoms with Crippen LogP contribution in [0.2, 0.25) is 0 Å². The normalized spacial score (nSPS) is 10.7. The third-order valence-electron chi connectivity index (χ3n) is 4.31. The lowest BCUT2D eigenvalue weighted by molar-refractivity contribution is -0.123. The Bertz CT molecular complexity index is 977. The number of carbonyl (C=O) groups is 2. The quantitative estimate of drug-likeness (QED) is 0.572. The van der Waals surface area contributed by atoms with Gasteiger partial charge in [-0.15, -0.1) is 0 Å². The molecule has 0 bridgehead atoms. The topological polar surface area (TPSA) is 92.5 Å². The van der Waals surface area contributed by atoms with Gasteiger partial charge in [0.15, 0.2) is 6.61 Å². The van der Waals surface area contributed by atoms with E-state index in [1.165, 1.54) is 5.56 Å². The zero-order valence-corrected chi connectivity index (χ0v) is 16.0. The predicted molar refractivity (Wildman–Crippen MR) is 106 cm³/mol. The highest BCUT2D eigenvalue weighted by Gasteiger charge is 2.11. The van der Waals surface area contributed by atoms with E-state index in [4.69, 9.17) is 9.47 Å². The minimum absolute atomic E-state index is 0.203. The number of fused-ring (bicyclic) bond motifs is 1. The Labute approximate surface area is 163 Å². The summed E-state index contributed by atoms with van der Waals surface area (Å²) in [5, 5.41) is 0.866. The van der Waals surface area contributed by atoms with Crippen LogP contribution >= 0.6 is 0 Å². The summed E-state index contributed by atoms with van der Waals surface area (Å²) in [4.78, 5) is 27.1. The fraction of sp³-hybridized carbons (Fsp3) is 0.238. The van der Waals surface area contributed by atoms with Crippen LogP contribution in [0.15, 0.2) is 48.5 Å². The summed E-state index contributed by atoms with van der Waals surface area (Å²) in [6.07, 6.45) is 0. The van der Waals surface area contributed by atoms with Crippen LogP contribution in [-0.2, 0) is 4.79 Å². The summed E-state index contributed by atoms with van der Waals surface area (Å²) in [7, 11) is 1.58. The maximum Gasteiger partial charge on any atom is 0.286 e. The summed E-state index contributed by atoms with van der Waals surface area (Å²) in [6, 6.07) is 14.7. The Balaban J connectivity index is 1.50. The van der Waals surface area contributed by atoms with Gasteiger partial charge in [-0.2, -0.15) is 0 Å². The van der Waals surface area contributed by atoms with Crippen molar-refractivity contribution < 1.29 is 19.1 Å². The van der Waals surface area contributed by atoms with E-state index in [0.717, 1.165) is 10.9 Å². The molecular weight excluding hydrogens is 358 g/mol. The number of hydrazine groups is 1. The zero-order chi connectivity index (χ0) is 20.1. The zero-order valence-electron chi connectivity index (χ0n) is 16.0. The summed E-state index contributed by atoms with van der Waals surface area (Å²) in [6.45, 7) is 4.01. The fourth-order valence-electron chi connectivity index (χ4n) is 2.68. The molecule has 3 aromatic rings. The largest absolute Gasteiger partial charge is 0.497 e. The van der Waals surface area contributed by atoms with Gasteiger partial charge in [0.05, 0.1) is 7.11 Å². The van der Waals surface area contributed by atoms with Crippen LogP contribution in [0.1, 0.15) is 35.8 Å². The predicted octanol–water partition coefficient (Wildman–Crippen LogP) is 3.14. The summed E-state index contributed by atoms with van der Waals surface area (Å²) < 4.78 is 10.6. The van der Waals surface area contributed by atoms with Crippen molar-refractivity contribution in [1.29, 1.82) is 0 Å². The third-order valence-corrected chi connectivity index (χ3v) is 4.31. The molecule has 3 rings (SSSR count). The molecule has 7 heteroatoms. The van der Waals surface area contributed by atoms with E-state index in [0.29, 0.717) is 23.1 Å². The molecule has 0 saturated heterocycles. The fourth-order valence-corrected chi connectivity index (χ4v) is 2.68. The standard InChI is InChI=1S/C21H23N3O4/c1-13(2)14-4-7-16(8-5-14)28-12-20(25)23-24-21(26)19-10-15-6-9-17(27-3)11-18(15)22-19/h4-11,13,22H,12H2,1-3H3,(H,23,25)(H,24,26). The maximum absolute atomic E-state index is 12.2. The van der Waals surface area contributed by atoms with E-state index in [-0.39, 0.29) is 6.61 Å². The molecule has 2 aromatic carbocycles. The Morgan fingerprint density at radius 1 is 1.00 bits per heavy atom. The second-order valence-electron chi connectivity index (χ2n) is 6.65. The molecule has 1 aromatic heterocycles. The number of nitrogens with one attached hydrogen (secondary N) is 3. The van der Waals surface area contributed by atoms with E-state index < -0.39 is 11.8 Å². The molecule has 1 heterocycles. The van der Waals surface area contributed by atoms with E-state index in [1.54, 1.807) is 19.2 Å². The number of hydrogen-bond donors (Lipinski definition) is 3. The molecule has 0 unspecified atom stereocenters. The lowest BCUT2D eigenvalue weighted by Gasteiger charge is -2.09. The Morgan fingerprint density at radius 2 is 1.71 bits per heavy atom. The number of rotatable bonds is 6. The van der Waals surface area contributed by atoms with Crippen LogP contribution in [0.5, 0.6) is 11.5 Å². The number of aromatic nitrogens is 1. The Kier molecular flexibility index (Phi) is 5.84. The van der Waals surface area contributed by atoms with Crippen molar-refractivity contribution in [2.75, 3.05) is 13.7 Å². The van der Waals surface area contributed by atoms with Gasteiger partial charge in [0.25, 0.3) is 11.8 Å².